The van der Waals surface area contributed by atoms with Gasteiger partial charge < -0.3 is 14.5 Å². The number of non-ortho nitro benzene ring substituents is 1. The number of nitrogens with one attached hydrogen (secondary N) is 1. The van der Waals surface area contributed by atoms with Crippen LogP contribution in [0.1, 0.15) is 16.9 Å². The topological polar surface area (TPSA) is 77.5 Å². The molecule has 0 fully saturated rings. The van der Waals surface area contributed by atoms with Crippen molar-refractivity contribution in [1.29, 1.82) is 0 Å². The third-order valence-corrected chi connectivity index (χ3v) is 4.01. The van der Waals surface area contributed by atoms with E-state index in [9.17, 15) is 10.1 Å². The van der Waals surface area contributed by atoms with Crippen LogP contribution in [-0.2, 0) is 0 Å². The Labute approximate surface area is 149 Å². The zero-order valence-electron chi connectivity index (χ0n) is 13.6. The SMILES string of the molecule is C=C(Nc1cc([N+](=O)[O-])cc2c1C=Cc1ccccc1O2)c1ccco1. The van der Waals surface area contributed by atoms with Crippen LogP contribution < -0.4 is 10.1 Å². The molecule has 4 rings (SSSR count). The summed E-state index contributed by atoms with van der Waals surface area (Å²) in [5, 5.41) is 14.4. The Morgan fingerprint density at radius 2 is 1.92 bits per heavy atom. The standard InChI is InChI=1S/C20H14N2O4/c1-13(18-7-4-10-25-18)21-17-11-15(22(23)24)12-20-16(17)9-8-14-5-2-3-6-19(14)26-20/h2-12,21H,1H2. The summed E-state index contributed by atoms with van der Waals surface area (Å²) in [6, 6.07) is 13.9. The van der Waals surface area contributed by atoms with E-state index in [1.54, 1.807) is 12.1 Å². The van der Waals surface area contributed by atoms with Gasteiger partial charge in [0.05, 0.1) is 28.6 Å². The quantitative estimate of drug-likeness (QED) is 0.387. The Morgan fingerprint density at radius 3 is 2.69 bits per heavy atom. The number of furan rings is 1. The van der Waals surface area contributed by atoms with Crippen molar-refractivity contribution >= 4 is 29.2 Å². The summed E-state index contributed by atoms with van der Waals surface area (Å²) >= 11 is 0. The summed E-state index contributed by atoms with van der Waals surface area (Å²) in [6.45, 7) is 3.94. The number of rotatable bonds is 4. The first-order valence-electron chi connectivity index (χ1n) is 7.89. The maximum Gasteiger partial charge on any atom is 0.275 e. The number of anilines is 1. The summed E-state index contributed by atoms with van der Waals surface area (Å²) < 4.78 is 11.3. The number of para-hydroxylation sites is 1. The summed E-state index contributed by atoms with van der Waals surface area (Å²) in [7, 11) is 0. The number of fused-ring (bicyclic) bond motifs is 2. The Hall–Kier alpha value is -3.80. The number of ether oxygens (including phenoxy) is 1. The van der Waals surface area contributed by atoms with E-state index in [1.165, 1.54) is 18.4 Å². The second-order valence-corrected chi connectivity index (χ2v) is 5.72. The van der Waals surface area contributed by atoms with Gasteiger partial charge in [0.2, 0.25) is 0 Å². The fourth-order valence-corrected chi connectivity index (χ4v) is 2.75. The molecule has 26 heavy (non-hydrogen) atoms. The van der Waals surface area contributed by atoms with Crippen LogP contribution in [0.3, 0.4) is 0 Å². The van der Waals surface area contributed by atoms with E-state index < -0.39 is 4.92 Å². The van der Waals surface area contributed by atoms with Gasteiger partial charge in [0.1, 0.15) is 17.3 Å². The van der Waals surface area contributed by atoms with E-state index in [0.29, 0.717) is 34.2 Å². The van der Waals surface area contributed by atoms with Crippen LogP contribution >= 0.6 is 0 Å². The molecular formula is C20H14N2O4. The van der Waals surface area contributed by atoms with Crippen molar-refractivity contribution in [3.05, 3.63) is 88.4 Å². The van der Waals surface area contributed by atoms with Crippen LogP contribution in [0.2, 0.25) is 0 Å². The second-order valence-electron chi connectivity index (χ2n) is 5.72. The molecule has 1 aliphatic rings. The molecule has 2 heterocycles. The predicted octanol–water partition coefficient (Wildman–Crippen LogP) is 5.55. The highest BCUT2D eigenvalue weighted by Crippen LogP contribution is 2.41. The number of nitro groups is 1. The number of nitrogens with zero attached hydrogens (tertiary/aromatic N) is 1. The van der Waals surface area contributed by atoms with Gasteiger partial charge in [0.15, 0.2) is 0 Å². The molecule has 0 unspecified atom stereocenters. The zero-order chi connectivity index (χ0) is 18.1. The van der Waals surface area contributed by atoms with E-state index in [4.69, 9.17) is 9.15 Å². The summed E-state index contributed by atoms with van der Waals surface area (Å²) in [6.07, 6.45) is 5.31. The lowest BCUT2D eigenvalue weighted by Crippen LogP contribution is -2.01. The molecule has 0 radical (unpaired) electrons. The number of benzene rings is 2. The van der Waals surface area contributed by atoms with Crippen LogP contribution in [-0.4, -0.2) is 4.92 Å². The molecule has 0 saturated carbocycles. The Morgan fingerprint density at radius 1 is 1.08 bits per heavy atom. The fourth-order valence-electron chi connectivity index (χ4n) is 2.75. The van der Waals surface area contributed by atoms with Crippen LogP contribution in [0.15, 0.2) is 65.8 Å². The molecular weight excluding hydrogens is 332 g/mol. The highest BCUT2D eigenvalue weighted by Gasteiger charge is 2.20. The molecule has 0 atom stereocenters. The number of hydrogen-bond acceptors (Lipinski definition) is 5. The van der Waals surface area contributed by atoms with Gasteiger partial charge >= 0.3 is 0 Å². The molecule has 128 valence electrons. The molecule has 0 bridgehead atoms. The molecule has 6 nitrogen and oxygen atoms in total. The van der Waals surface area contributed by atoms with E-state index >= 15 is 0 Å². The van der Waals surface area contributed by atoms with Crippen molar-refractivity contribution in [2.75, 3.05) is 5.32 Å². The lowest BCUT2D eigenvalue weighted by atomic mass is 10.1. The first kappa shape index (κ1) is 15.7. The highest BCUT2D eigenvalue weighted by atomic mass is 16.6. The van der Waals surface area contributed by atoms with E-state index in [-0.39, 0.29) is 5.69 Å². The molecule has 2 aromatic carbocycles. The normalized spacial score (nSPS) is 11.7. The van der Waals surface area contributed by atoms with Gasteiger partial charge in [0, 0.05) is 17.2 Å². The first-order chi connectivity index (χ1) is 12.6. The van der Waals surface area contributed by atoms with Gasteiger partial charge in [-0.15, -0.1) is 0 Å². The minimum absolute atomic E-state index is 0.0775. The van der Waals surface area contributed by atoms with Gasteiger partial charge in [-0.2, -0.15) is 0 Å². The lowest BCUT2D eigenvalue weighted by Gasteiger charge is -2.14. The van der Waals surface area contributed by atoms with Crippen molar-refractivity contribution in [2.24, 2.45) is 0 Å². The maximum absolute atomic E-state index is 11.3. The van der Waals surface area contributed by atoms with Crippen molar-refractivity contribution < 1.29 is 14.1 Å². The molecule has 0 amide bonds. The van der Waals surface area contributed by atoms with Crippen LogP contribution in [0.4, 0.5) is 11.4 Å². The Balaban J connectivity index is 1.81. The monoisotopic (exact) mass is 346 g/mol. The molecule has 0 saturated heterocycles. The van der Waals surface area contributed by atoms with E-state index in [2.05, 4.69) is 11.9 Å². The Kier molecular flexibility index (Phi) is 3.78. The molecule has 1 aliphatic heterocycles. The molecule has 1 N–H and O–H groups in total. The smallest absolute Gasteiger partial charge is 0.275 e. The lowest BCUT2D eigenvalue weighted by molar-refractivity contribution is -0.384. The van der Waals surface area contributed by atoms with Crippen LogP contribution in [0, 0.1) is 10.1 Å². The average Bonchev–Trinajstić information content (AvgIpc) is 3.10. The first-order valence-corrected chi connectivity index (χ1v) is 7.89. The fraction of sp³-hybridized carbons (Fsp3) is 0. The van der Waals surface area contributed by atoms with Crippen molar-refractivity contribution in [1.82, 2.24) is 0 Å². The van der Waals surface area contributed by atoms with Crippen LogP contribution in [0.25, 0.3) is 17.8 Å². The second kappa shape index (κ2) is 6.25. The summed E-state index contributed by atoms with van der Waals surface area (Å²) in [5.41, 5.74) is 2.51. The summed E-state index contributed by atoms with van der Waals surface area (Å²) in [5.74, 6) is 1.58. The maximum atomic E-state index is 11.3. The van der Waals surface area contributed by atoms with Gasteiger partial charge in [-0.05, 0) is 24.3 Å². The van der Waals surface area contributed by atoms with E-state index in [1.807, 2.05) is 36.4 Å². The number of hydrogen-bond donors (Lipinski definition) is 1. The van der Waals surface area contributed by atoms with Gasteiger partial charge in [-0.25, -0.2) is 0 Å². The van der Waals surface area contributed by atoms with Gasteiger partial charge in [-0.3, -0.25) is 10.1 Å². The highest BCUT2D eigenvalue weighted by molar-refractivity contribution is 5.88. The number of nitro benzene ring substituents is 1. The van der Waals surface area contributed by atoms with Crippen molar-refractivity contribution in [2.45, 2.75) is 0 Å². The Bertz CT molecular complexity index is 1040. The minimum Gasteiger partial charge on any atom is -0.463 e. The van der Waals surface area contributed by atoms with E-state index in [0.717, 1.165) is 5.56 Å². The van der Waals surface area contributed by atoms with Gasteiger partial charge in [0.25, 0.3) is 5.69 Å². The molecule has 1 aromatic heterocycles. The van der Waals surface area contributed by atoms with Crippen molar-refractivity contribution in [3.63, 3.8) is 0 Å². The minimum atomic E-state index is -0.453. The third kappa shape index (κ3) is 2.84. The third-order valence-electron chi connectivity index (χ3n) is 4.01. The molecule has 6 heteroatoms. The van der Waals surface area contributed by atoms with Crippen LogP contribution in [0.5, 0.6) is 11.5 Å². The van der Waals surface area contributed by atoms with Crippen molar-refractivity contribution in [3.8, 4) is 11.5 Å². The summed E-state index contributed by atoms with van der Waals surface area (Å²) in [4.78, 5) is 10.9. The molecule has 3 aromatic rings. The molecule has 0 aliphatic carbocycles. The predicted molar refractivity (Wildman–Crippen MR) is 99.9 cm³/mol. The van der Waals surface area contributed by atoms with Gasteiger partial charge in [-0.1, -0.05) is 30.9 Å². The largest absolute Gasteiger partial charge is 0.463 e. The average molecular weight is 346 g/mol. The zero-order valence-corrected chi connectivity index (χ0v) is 13.6. The molecule has 0 spiro atoms.